The Kier molecular flexibility index (Phi) is 3.88. The first-order valence-corrected chi connectivity index (χ1v) is 10.3. The SMILES string of the molecule is Cc1nn(C)c(C)c1NC(=O)c1nn(C23CC4CC(CC(C4)C2)C3)cc1[N+](=O)[O-]. The number of aromatic nitrogens is 4. The number of hydrogen-bond donors (Lipinski definition) is 1. The number of hydrogen-bond acceptors (Lipinski definition) is 5. The minimum Gasteiger partial charge on any atom is -0.317 e. The highest BCUT2D eigenvalue weighted by molar-refractivity contribution is 6.06. The van der Waals surface area contributed by atoms with Crippen LogP contribution in [0, 0.1) is 41.7 Å². The summed E-state index contributed by atoms with van der Waals surface area (Å²) in [5.74, 6) is 1.49. The first kappa shape index (κ1) is 18.3. The van der Waals surface area contributed by atoms with Crippen LogP contribution in [-0.4, -0.2) is 30.4 Å². The zero-order valence-corrected chi connectivity index (χ0v) is 17.0. The predicted molar refractivity (Wildman–Crippen MR) is 106 cm³/mol. The Bertz CT molecular complexity index is 985. The van der Waals surface area contributed by atoms with Crippen LogP contribution in [0.2, 0.25) is 0 Å². The molecular formula is C20H26N6O3. The van der Waals surface area contributed by atoms with Crippen molar-refractivity contribution in [3.05, 3.63) is 33.4 Å². The first-order chi connectivity index (χ1) is 13.8. The highest BCUT2D eigenvalue weighted by Crippen LogP contribution is 2.58. The summed E-state index contributed by atoms with van der Waals surface area (Å²) in [5.41, 5.74) is 1.53. The highest BCUT2D eigenvalue weighted by Gasteiger charge is 2.53. The molecule has 2 aromatic heterocycles. The quantitative estimate of drug-likeness (QED) is 0.628. The minimum atomic E-state index is -0.556. The normalized spacial score (nSPS) is 30.0. The minimum absolute atomic E-state index is 0.117. The molecule has 29 heavy (non-hydrogen) atoms. The summed E-state index contributed by atoms with van der Waals surface area (Å²) in [5, 5.41) is 23.3. The van der Waals surface area contributed by atoms with E-state index < -0.39 is 10.8 Å². The lowest BCUT2D eigenvalue weighted by atomic mass is 9.53. The summed E-state index contributed by atoms with van der Waals surface area (Å²) >= 11 is 0. The number of nitrogens with one attached hydrogen (secondary N) is 1. The molecule has 154 valence electrons. The van der Waals surface area contributed by atoms with Crippen molar-refractivity contribution in [3.8, 4) is 0 Å². The first-order valence-electron chi connectivity index (χ1n) is 10.3. The summed E-state index contributed by atoms with van der Waals surface area (Å²) in [6, 6.07) is 0. The van der Waals surface area contributed by atoms with Gasteiger partial charge in [-0.2, -0.15) is 10.2 Å². The van der Waals surface area contributed by atoms with Gasteiger partial charge in [-0.25, -0.2) is 0 Å². The second kappa shape index (κ2) is 6.14. The van der Waals surface area contributed by atoms with E-state index in [1.54, 1.807) is 23.3 Å². The topological polar surface area (TPSA) is 108 Å². The lowest BCUT2D eigenvalue weighted by Gasteiger charge is -2.56. The molecule has 0 spiro atoms. The van der Waals surface area contributed by atoms with Crippen LogP contribution in [0.3, 0.4) is 0 Å². The van der Waals surface area contributed by atoms with Crippen LogP contribution < -0.4 is 5.32 Å². The Morgan fingerprint density at radius 2 is 1.76 bits per heavy atom. The molecule has 4 fully saturated rings. The molecule has 0 saturated heterocycles. The van der Waals surface area contributed by atoms with Gasteiger partial charge in [-0.3, -0.25) is 24.3 Å². The smallest absolute Gasteiger partial charge is 0.317 e. The van der Waals surface area contributed by atoms with Crippen molar-refractivity contribution in [2.45, 2.75) is 57.9 Å². The van der Waals surface area contributed by atoms with Gasteiger partial charge in [0.1, 0.15) is 6.20 Å². The van der Waals surface area contributed by atoms with Crippen molar-refractivity contribution in [2.24, 2.45) is 24.8 Å². The Labute approximate surface area is 168 Å². The number of nitrogens with zero attached hydrogens (tertiary/aromatic N) is 5. The van der Waals surface area contributed by atoms with Crippen LogP contribution in [0.5, 0.6) is 0 Å². The number of aryl methyl sites for hydroxylation is 2. The zero-order chi connectivity index (χ0) is 20.5. The van der Waals surface area contributed by atoms with Crippen LogP contribution in [0.1, 0.15) is 60.4 Å². The third-order valence-corrected chi connectivity index (χ3v) is 7.35. The molecule has 4 aliphatic carbocycles. The van der Waals surface area contributed by atoms with Gasteiger partial charge < -0.3 is 5.32 Å². The predicted octanol–water partition coefficient (Wildman–Crippen LogP) is 3.32. The van der Waals surface area contributed by atoms with Crippen molar-refractivity contribution < 1.29 is 9.72 Å². The molecule has 4 aliphatic rings. The van der Waals surface area contributed by atoms with Gasteiger partial charge in [-0.1, -0.05) is 0 Å². The van der Waals surface area contributed by atoms with E-state index in [9.17, 15) is 14.9 Å². The molecule has 4 bridgehead atoms. The third kappa shape index (κ3) is 2.78. The van der Waals surface area contributed by atoms with Gasteiger partial charge in [-0.15, -0.1) is 0 Å². The molecule has 0 aliphatic heterocycles. The largest absolute Gasteiger partial charge is 0.320 e. The van der Waals surface area contributed by atoms with Gasteiger partial charge in [0.15, 0.2) is 0 Å². The fourth-order valence-electron chi connectivity index (χ4n) is 6.38. The van der Waals surface area contributed by atoms with Gasteiger partial charge >= 0.3 is 5.69 Å². The van der Waals surface area contributed by atoms with E-state index in [1.165, 1.54) is 25.5 Å². The second-order valence-corrected chi connectivity index (χ2v) is 9.33. The number of amides is 1. The summed E-state index contributed by atoms with van der Waals surface area (Å²) < 4.78 is 3.45. The van der Waals surface area contributed by atoms with E-state index >= 15 is 0 Å². The summed E-state index contributed by atoms with van der Waals surface area (Å²) in [4.78, 5) is 24.2. The Balaban J connectivity index is 1.50. The Morgan fingerprint density at radius 3 is 2.24 bits per heavy atom. The van der Waals surface area contributed by atoms with E-state index in [1.807, 2.05) is 6.92 Å². The van der Waals surface area contributed by atoms with Crippen molar-refractivity contribution >= 4 is 17.3 Å². The Hall–Kier alpha value is -2.71. The second-order valence-electron chi connectivity index (χ2n) is 9.33. The average molecular weight is 398 g/mol. The fraction of sp³-hybridized carbons (Fsp3) is 0.650. The molecule has 1 amide bonds. The maximum Gasteiger partial charge on any atom is 0.320 e. The monoisotopic (exact) mass is 398 g/mol. The molecule has 2 heterocycles. The number of carbonyl (C=O) groups is 1. The summed E-state index contributed by atoms with van der Waals surface area (Å²) in [6.07, 6.45) is 8.35. The average Bonchev–Trinajstić information content (AvgIpc) is 3.19. The van der Waals surface area contributed by atoms with Gasteiger partial charge in [0, 0.05) is 7.05 Å². The van der Waals surface area contributed by atoms with Crippen molar-refractivity contribution in [1.29, 1.82) is 0 Å². The number of nitro groups is 1. The molecule has 4 saturated carbocycles. The number of carbonyl (C=O) groups excluding carboxylic acids is 1. The summed E-state index contributed by atoms with van der Waals surface area (Å²) in [6.45, 7) is 3.64. The molecule has 9 nitrogen and oxygen atoms in total. The molecule has 1 N–H and O–H groups in total. The van der Waals surface area contributed by atoms with Crippen LogP contribution >= 0.6 is 0 Å². The summed E-state index contributed by atoms with van der Waals surface area (Å²) in [7, 11) is 1.79. The van der Waals surface area contributed by atoms with Gasteiger partial charge in [0.05, 0.1) is 27.5 Å². The molecule has 0 aromatic carbocycles. The van der Waals surface area contributed by atoms with E-state index in [-0.39, 0.29) is 16.9 Å². The van der Waals surface area contributed by atoms with Gasteiger partial charge in [-0.05, 0) is 70.1 Å². The standard InChI is InChI=1S/C20H26N6O3/c1-11-17(12(2)24(3)22-11)21-19(27)18-16(26(28)29)10-25(23-18)20-7-13-4-14(8-20)6-15(5-13)9-20/h10,13-15H,4-9H2,1-3H3,(H,21,27). The molecule has 0 radical (unpaired) electrons. The zero-order valence-electron chi connectivity index (χ0n) is 17.0. The molecular weight excluding hydrogens is 372 g/mol. The van der Waals surface area contributed by atoms with Crippen molar-refractivity contribution in [2.75, 3.05) is 5.32 Å². The van der Waals surface area contributed by atoms with Crippen molar-refractivity contribution in [3.63, 3.8) is 0 Å². The van der Waals surface area contributed by atoms with Crippen LogP contribution in [0.25, 0.3) is 0 Å². The third-order valence-electron chi connectivity index (χ3n) is 7.35. The lowest BCUT2D eigenvalue weighted by molar-refractivity contribution is -0.385. The van der Waals surface area contributed by atoms with Crippen LogP contribution in [0.15, 0.2) is 6.20 Å². The van der Waals surface area contributed by atoms with E-state index in [4.69, 9.17) is 0 Å². The van der Waals surface area contributed by atoms with E-state index in [0.717, 1.165) is 25.0 Å². The van der Waals surface area contributed by atoms with Crippen molar-refractivity contribution in [1.82, 2.24) is 19.6 Å². The molecule has 0 atom stereocenters. The van der Waals surface area contributed by atoms with Gasteiger partial charge in [0.25, 0.3) is 5.91 Å². The Morgan fingerprint density at radius 1 is 1.17 bits per heavy atom. The molecule has 6 rings (SSSR count). The van der Waals surface area contributed by atoms with Crippen LogP contribution in [0.4, 0.5) is 11.4 Å². The molecule has 0 unspecified atom stereocenters. The maximum atomic E-state index is 13.0. The van der Waals surface area contributed by atoms with E-state index in [2.05, 4.69) is 15.5 Å². The lowest BCUT2D eigenvalue weighted by Crippen LogP contribution is -2.52. The van der Waals surface area contributed by atoms with Gasteiger partial charge in [0.2, 0.25) is 5.69 Å². The number of rotatable bonds is 4. The fourth-order valence-corrected chi connectivity index (χ4v) is 6.38. The maximum absolute atomic E-state index is 13.0. The van der Waals surface area contributed by atoms with E-state index in [0.29, 0.717) is 29.1 Å². The molecule has 9 heteroatoms. The molecule has 2 aromatic rings. The number of anilines is 1. The van der Waals surface area contributed by atoms with Crippen LogP contribution in [-0.2, 0) is 12.6 Å². The highest BCUT2D eigenvalue weighted by atomic mass is 16.6.